The summed E-state index contributed by atoms with van der Waals surface area (Å²) in [7, 11) is 0. The van der Waals surface area contributed by atoms with Gasteiger partial charge in [-0.2, -0.15) is 0 Å². The van der Waals surface area contributed by atoms with Gasteiger partial charge in [-0.25, -0.2) is 0 Å². The summed E-state index contributed by atoms with van der Waals surface area (Å²) < 4.78 is 0. The molecule has 0 saturated carbocycles. The third-order valence-corrected chi connectivity index (χ3v) is 2.51. The van der Waals surface area contributed by atoms with Crippen LogP contribution in [0.4, 0.5) is 0 Å². The third kappa shape index (κ3) is 5.21. The molecule has 0 bridgehead atoms. The molecule has 0 aromatic heterocycles. The number of halogens is 1. The minimum absolute atomic E-state index is 0.205. The van der Waals surface area contributed by atoms with Crippen molar-refractivity contribution in [3.63, 3.8) is 0 Å². The lowest BCUT2D eigenvalue weighted by molar-refractivity contribution is 0.187. The zero-order valence-electron chi connectivity index (χ0n) is 10.4. The van der Waals surface area contributed by atoms with Crippen LogP contribution in [0.3, 0.4) is 0 Å². The molecule has 4 nitrogen and oxygen atoms in total. The summed E-state index contributed by atoms with van der Waals surface area (Å²) in [5, 5.41) is 13.4. The Kier molecular flexibility index (Phi) is 5.68. The minimum Gasteiger partial charge on any atom is -0.386 e. The molecule has 1 unspecified atom stereocenters. The number of nitrogens with one attached hydrogen (secondary N) is 1. The maximum atomic E-state index is 9.89. The van der Waals surface area contributed by atoms with Crippen molar-refractivity contribution in [3.05, 3.63) is 47.0 Å². The fraction of sp³-hybridized carbons (Fsp3) is 0.308. The van der Waals surface area contributed by atoms with Crippen molar-refractivity contribution in [1.29, 1.82) is 0 Å². The van der Waals surface area contributed by atoms with Gasteiger partial charge >= 0.3 is 0 Å². The second kappa shape index (κ2) is 7.03. The summed E-state index contributed by atoms with van der Waals surface area (Å²) in [5.41, 5.74) is 7.36. The molecule has 1 aromatic rings. The monoisotopic (exact) mass is 267 g/mol. The Balaban J connectivity index is 2.49. The quantitative estimate of drug-likeness (QED) is 0.433. The van der Waals surface area contributed by atoms with Crippen molar-refractivity contribution >= 4 is 17.6 Å². The molecule has 0 amide bonds. The molecule has 0 aliphatic carbocycles. The van der Waals surface area contributed by atoms with Crippen LogP contribution in [0.2, 0.25) is 5.02 Å². The average molecular weight is 268 g/mol. The van der Waals surface area contributed by atoms with Crippen LogP contribution in [-0.2, 0) is 0 Å². The Hall–Kier alpha value is -1.52. The van der Waals surface area contributed by atoms with Gasteiger partial charge < -0.3 is 16.2 Å². The van der Waals surface area contributed by atoms with E-state index in [1.807, 2.05) is 6.92 Å². The SMILES string of the molecule is C=C(C)CNC(N)=NCC(O)c1ccc(Cl)cc1. The summed E-state index contributed by atoms with van der Waals surface area (Å²) in [4.78, 5) is 4.05. The highest BCUT2D eigenvalue weighted by atomic mass is 35.5. The molecular formula is C13H18ClN3O. The minimum atomic E-state index is -0.688. The van der Waals surface area contributed by atoms with Gasteiger partial charge in [-0.15, -0.1) is 0 Å². The Morgan fingerprint density at radius 3 is 2.67 bits per heavy atom. The number of nitrogens with zero attached hydrogens (tertiary/aromatic N) is 1. The maximum absolute atomic E-state index is 9.89. The maximum Gasteiger partial charge on any atom is 0.188 e. The van der Waals surface area contributed by atoms with Crippen LogP contribution in [-0.4, -0.2) is 24.2 Å². The highest BCUT2D eigenvalue weighted by molar-refractivity contribution is 6.30. The van der Waals surface area contributed by atoms with E-state index in [0.717, 1.165) is 11.1 Å². The lowest BCUT2D eigenvalue weighted by atomic mass is 10.1. The van der Waals surface area contributed by atoms with Crippen molar-refractivity contribution in [2.75, 3.05) is 13.1 Å². The van der Waals surface area contributed by atoms with Crippen molar-refractivity contribution in [2.45, 2.75) is 13.0 Å². The van der Waals surface area contributed by atoms with Crippen LogP contribution in [0.1, 0.15) is 18.6 Å². The van der Waals surface area contributed by atoms with Crippen LogP contribution < -0.4 is 11.1 Å². The number of benzene rings is 1. The zero-order chi connectivity index (χ0) is 13.5. The number of hydrogen-bond donors (Lipinski definition) is 3. The molecule has 5 heteroatoms. The highest BCUT2D eigenvalue weighted by Crippen LogP contribution is 2.16. The summed E-state index contributed by atoms with van der Waals surface area (Å²) >= 11 is 5.77. The van der Waals surface area contributed by atoms with E-state index in [2.05, 4.69) is 16.9 Å². The number of rotatable bonds is 5. The third-order valence-electron chi connectivity index (χ3n) is 2.26. The molecule has 0 saturated heterocycles. The average Bonchev–Trinajstić information content (AvgIpc) is 2.34. The summed E-state index contributed by atoms with van der Waals surface area (Å²) in [6.07, 6.45) is -0.688. The van der Waals surface area contributed by atoms with Gasteiger partial charge in [0.1, 0.15) is 0 Å². The predicted molar refractivity (Wildman–Crippen MR) is 75.7 cm³/mol. The van der Waals surface area contributed by atoms with Gasteiger partial charge in [0.15, 0.2) is 5.96 Å². The zero-order valence-corrected chi connectivity index (χ0v) is 11.1. The fourth-order valence-electron chi connectivity index (χ4n) is 1.27. The van der Waals surface area contributed by atoms with Gasteiger partial charge in [0.2, 0.25) is 0 Å². The molecule has 1 aromatic carbocycles. The molecule has 0 fully saturated rings. The first-order valence-corrected chi connectivity index (χ1v) is 5.98. The smallest absolute Gasteiger partial charge is 0.188 e. The van der Waals surface area contributed by atoms with Crippen LogP contribution in [0.5, 0.6) is 0 Å². The molecule has 1 atom stereocenters. The molecule has 18 heavy (non-hydrogen) atoms. The predicted octanol–water partition coefficient (Wildman–Crippen LogP) is 1.85. The van der Waals surface area contributed by atoms with Crippen LogP contribution >= 0.6 is 11.6 Å². The van der Waals surface area contributed by atoms with E-state index < -0.39 is 6.10 Å². The van der Waals surface area contributed by atoms with Gasteiger partial charge in [0, 0.05) is 11.6 Å². The molecule has 98 valence electrons. The first kappa shape index (κ1) is 14.5. The summed E-state index contributed by atoms with van der Waals surface area (Å²) in [5.74, 6) is 0.297. The van der Waals surface area contributed by atoms with Crippen LogP contribution in [0, 0.1) is 0 Å². The largest absolute Gasteiger partial charge is 0.386 e. The van der Waals surface area contributed by atoms with Gasteiger partial charge in [0.05, 0.1) is 12.6 Å². The van der Waals surface area contributed by atoms with Crippen LogP contribution in [0.15, 0.2) is 41.4 Å². The highest BCUT2D eigenvalue weighted by Gasteiger charge is 2.06. The number of aliphatic hydroxyl groups is 1. The lowest BCUT2D eigenvalue weighted by Crippen LogP contribution is -2.33. The van der Waals surface area contributed by atoms with Gasteiger partial charge in [-0.1, -0.05) is 35.9 Å². The molecule has 0 aliphatic rings. The first-order chi connectivity index (χ1) is 8.49. The number of nitrogens with two attached hydrogens (primary N) is 1. The van der Waals surface area contributed by atoms with E-state index in [1.165, 1.54) is 0 Å². The molecule has 0 spiro atoms. The molecule has 0 aliphatic heterocycles. The summed E-state index contributed by atoms with van der Waals surface area (Å²) in [6, 6.07) is 6.99. The van der Waals surface area contributed by atoms with Gasteiger partial charge in [0.25, 0.3) is 0 Å². The number of aliphatic imine (C=N–C) groups is 1. The van der Waals surface area contributed by atoms with Crippen molar-refractivity contribution < 1.29 is 5.11 Å². The normalized spacial score (nSPS) is 13.2. The second-order valence-corrected chi connectivity index (χ2v) is 4.54. The second-order valence-electron chi connectivity index (χ2n) is 4.10. The fourth-order valence-corrected chi connectivity index (χ4v) is 1.40. The molecule has 0 heterocycles. The number of hydrogen-bond acceptors (Lipinski definition) is 2. The van der Waals surface area contributed by atoms with E-state index >= 15 is 0 Å². The molecule has 0 radical (unpaired) electrons. The van der Waals surface area contributed by atoms with E-state index in [9.17, 15) is 5.11 Å². The molecular weight excluding hydrogens is 250 g/mol. The van der Waals surface area contributed by atoms with E-state index in [-0.39, 0.29) is 6.54 Å². The first-order valence-electron chi connectivity index (χ1n) is 5.60. The lowest BCUT2D eigenvalue weighted by Gasteiger charge is -2.10. The van der Waals surface area contributed by atoms with Gasteiger partial charge in [-0.3, -0.25) is 4.99 Å². The van der Waals surface area contributed by atoms with Crippen LogP contribution in [0.25, 0.3) is 0 Å². The Labute approximate surface area is 112 Å². The van der Waals surface area contributed by atoms with E-state index in [0.29, 0.717) is 17.5 Å². The number of aliphatic hydroxyl groups excluding tert-OH is 1. The van der Waals surface area contributed by atoms with Crippen molar-refractivity contribution in [2.24, 2.45) is 10.7 Å². The van der Waals surface area contributed by atoms with Gasteiger partial charge in [-0.05, 0) is 24.6 Å². The standard InChI is InChI=1S/C13H18ClN3O/c1-9(2)7-16-13(15)17-8-12(18)10-3-5-11(14)6-4-10/h3-6,12,18H,1,7-8H2,2H3,(H3,15,16,17). The van der Waals surface area contributed by atoms with E-state index in [1.54, 1.807) is 24.3 Å². The molecule has 4 N–H and O–H groups in total. The number of guanidine groups is 1. The Morgan fingerprint density at radius 2 is 2.11 bits per heavy atom. The summed E-state index contributed by atoms with van der Waals surface area (Å²) in [6.45, 7) is 6.42. The van der Waals surface area contributed by atoms with Crippen molar-refractivity contribution in [1.82, 2.24) is 5.32 Å². The van der Waals surface area contributed by atoms with Crippen molar-refractivity contribution in [3.8, 4) is 0 Å². The Bertz CT molecular complexity index is 428. The molecule has 1 rings (SSSR count). The van der Waals surface area contributed by atoms with E-state index in [4.69, 9.17) is 17.3 Å². The topological polar surface area (TPSA) is 70.6 Å². The Morgan fingerprint density at radius 1 is 1.50 bits per heavy atom.